The summed E-state index contributed by atoms with van der Waals surface area (Å²) in [4.78, 5) is 29.3. The average molecular weight is 424 g/mol. The summed E-state index contributed by atoms with van der Waals surface area (Å²) < 4.78 is 0. The van der Waals surface area contributed by atoms with Gasteiger partial charge in [-0.3, -0.25) is 9.59 Å². The number of hydrogen-bond donors (Lipinski definition) is 1. The molecule has 0 spiro atoms. The largest absolute Gasteiger partial charge is 0.377 e. The van der Waals surface area contributed by atoms with E-state index < -0.39 is 0 Å². The molecule has 0 heterocycles. The maximum atomic E-state index is 12.9. The lowest BCUT2D eigenvalue weighted by Gasteiger charge is -2.31. The number of carbonyl (C=O) groups is 2. The van der Waals surface area contributed by atoms with E-state index in [9.17, 15) is 9.59 Å². The number of nitrogens with one attached hydrogen (secondary N) is 1. The number of benzene rings is 2. The minimum Gasteiger partial charge on any atom is -0.377 e. The van der Waals surface area contributed by atoms with Gasteiger partial charge in [0.1, 0.15) is 0 Å². The van der Waals surface area contributed by atoms with E-state index in [4.69, 9.17) is 0 Å². The SMILES string of the molecule is CCC(=O)N(Cc1cc(NC(=O)CC(C)(C)C)ccc1N(C)C)[C@H](C)c1ccccc1. The van der Waals surface area contributed by atoms with Gasteiger partial charge in [0, 0.05) is 44.9 Å². The fourth-order valence-electron chi connectivity index (χ4n) is 3.65. The molecule has 0 fully saturated rings. The van der Waals surface area contributed by atoms with Crippen LogP contribution in [0.25, 0.3) is 0 Å². The van der Waals surface area contributed by atoms with Gasteiger partial charge in [0.2, 0.25) is 11.8 Å². The summed E-state index contributed by atoms with van der Waals surface area (Å²) >= 11 is 0. The Morgan fingerprint density at radius 1 is 1.03 bits per heavy atom. The van der Waals surface area contributed by atoms with Gasteiger partial charge in [-0.15, -0.1) is 0 Å². The summed E-state index contributed by atoms with van der Waals surface area (Å²) in [5.74, 6) is 0.0958. The highest BCUT2D eigenvalue weighted by Gasteiger charge is 2.23. The predicted octanol–water partition coefficient (Wildman–Crippen LogP) is 5.63. The van der Waals surface area contributed by atoms with Crippen LogP contribution < -0.4 is 10.2 Å². The Morgan fingerprint density at radius 2 is 1.68 bits per heavy atom. The molecule has 0 aliphatic carbocycles. The summed E-state index contributed by atoms with van der Waals surface area (Å²) in [6.07, 6.45) is 0.889. The summed E-state index contributed by atoms with van der Waals surface area (Å²) in [6, 6.07) is 15.9. The summed E-state index contributed by atoms with van der Waals surface area (Å²) in [5, 5.41) is 3.02. The molecule has 168 valence electrons. The monoisotopic (exact) mass is 423 g/mol. The molecule has 0 aromatic heterocycles. The normalized spacial score (nSPS) is 12.2. The fraction of sp³-hybridized carbons (Fsp3) is 0.462. The van der Waals surface area contributed by atoms with Crippen molar-refractivity contribution in [3.8, 4) is 0 Å². The third-order valence-corrected chi connectivity index (χ3v) is 5.25. The van der Waals surface area contributed by atoms with Crippen molar-refractivity contribution in [1.82, 2.24) is 4.90 Å². The van der Waals surface area contributed by atoms with Crippen molar-refractivity contribution in [2.45, 2.75) is 60.0 Å². The first-order chi connectivity index (χ1) is 14.5. The van der Waals surface area contributed by atoms with E-state index in [0.717, 1.165) is 22.5 Å². The highest BCUT2D eigenvalue weighted by Crippen LogP contribution is 2.29. The molecule has 2 rings (SSSR count). The van der Waals surface area contributed by atoms with Crippen LogP contribution in [0.1, 0.15) is 64.6 Å². The molecular formula is C26H37N3O2. The number of nitrogens with zero attached hydrogens (tertiary/aromatic N) is 2. The Hall–Kier alpha value is -2.82. The molecule has 1 N–H and O–H groups in total. The van der Waals surface area contributed by atoms with Gasteiger partial charge in [0.25, 0.3) is 0 Å². The van der Waals surface area contributed by atoms with E-state index in [1.807, 2.05) is 88.0 Å². The van der Waals surface area contributed by atoms with E-state index in [1.54, 1.807) is 0 Å². The van der Waals surface area contributed by atoms with Gasteiger partial charge in [-0.1, -0.05) is 58.0 Å². The van der Waals surface area contributed by atoms with Gasteiger partial charge in [-0.25, -0.2) is 0 Å². The van der Waals surface area contributed by atoms with Gasteiger partial charge >= 0.3 is 0 Å². The molecule has 0 saturated carbocycles. The number of rotatable bonds is 8. The molecular weight excluding hydrogens is 386 g/mol. The van der Waals surface area contributed by atoms with Crippen molar-refractivity contribution < 1.29 is 9.59 Å². The first-order valence-corrected chi connectivity index (χ1v) is 11.0. The molecule has 0 radical (unpaired) electrons. The molecule has 5 nitrogen and oxygen atoms in total. The Labute approximate surface area is 187 Å². The standard InChI is InChI=1S/C26H37N3O2/c1-8-25(31)29(19(2)20-12-10-9-11-13-20)18-21-16-22(14-15-23(21)28(6)7)27-24(30)17-26(3,4)5/h9-16,19H,8,17-18H2,1-7H3,(H,27,30)/t19-/m1/s1. The minimum absolute atomic E-state index is 0.00445. The Balaban J connectivity index is 2.35. The number of anilines is 2. The molecule has 31 heavy (non-hydrogen) atoms. The summed E-state index contributed by atoms with van der Waals surface area (Å²) in [5.41, 5.74) is 3.81. The minimum atomic E-state index is -0.0774. The van der Waals surface area contributed by atoms with Crippen LogP contribution >= 0.6 is 0 Å². The number of carbonyl (C=O) groups excluding carboxylic acids is 2. The summed E-state index contributed by atoms with van der Waals surface area (Å²) in [7, 11) is 3.98. The third-order valence-electron chi connectivity index (χ3n) is 5.25. The van der Waals surface area contributed by atoms with Crippen molar-refractivity contribution >= 4 is 23.2 Å². The Kier molecular flexibility index (Phi) is 8.26. The van der Waals surface area contributed by atoms with Gasteiger partial charge < -0.3 is 15.1 Å². The lowest BCUT2D eigenvalue weighted by molar-refractivity contribution is -0.133. The molecule has 1 atom stereocenters. The van der Waals surface area contributed by atoms with E-state index >= 15 is 0 Å². The molecule has 0 bridgehead atoms. The van der Waals surface area contributed by atoms with Crippen LogP contribution in [0.5, 0.6) is 0 Å². The number of hydrogen-bond acceptors (Lipinski definition) is 3. The molecule has 0 saturated heterocycles. The second kappa shape index (κ2) is 10.5. The highest BCUT2D eigenvalue weighted by molar-refractivity contribution is 5.91. The van der Waals surface area contributed by atoms with Gasteiger partial charge in [-0.2, -0.15) is 0 Å². The van der Waals surface area contributed by atoms with Crippen molar-refractivity contribution in [3.05, 3.63) is 59.7 Å². The Morgan fingerprint density at radius 3 is 2.23 bits per heavy atom. The third kappa shape index (κ3) is 7.12. The van der Waals surface area contributed by atoms with E-state index in [0.29, 0.717) is 19.4 Å². The number of amides is 2. The van der Waals surface area contributed by atoms with Gasteiger partial charge in [0.15, 0.2) is 0 Å². The second-order valence-corrected chi connectivity index (χ2v) is 9.49. The average Bonchev–Trinajstić information content (AvgIpc) is 2.70. The molecule has 2 aromatic carbocycles. The van der Waals surface area contributed by atoms with E-state index in [1.165, 1.54) is 0 Å². The van der Waals surface area contributed by atoms with Crippen LogP contribution in [0, 0.1) is 5.41 Å². The van der Waals surface area contributed by atoms with Crippen molar-refractivity contribution in [3.63, 3.8) is 0 Å². The fourth-order valence-corrected chi connectivity index (χ4v) is 3.65. The zero-order valence-corrected chi connectivity index (χ0v) is 20.0. The van der Waals surface area contributed by atoms with Crippen LogP contribution in [0.4, 0.5) is 11.4 Å². The van der Waals surface area contributed by atoms with E-state index in [2.05, 4.69) is 24.4 Å². The quantitative estimate of drug-likeness (QED) is 0.599. The summed E-state index contributed by atoms with van der Waals surface area (Å²) in [6.45, 7) is 10.6. The van der Waals surface area contributed by atoms with Gasteiger partial charge in [-0.05, 0) is 41.7 Å². The first-order valence-electron chi connectivity index (χ1n) is 11.0. The van der Waals surface area contributed by atoms with Crippen LogP contribution in [0.15, 0.2) is 48.5 Å². The smallest absolute Gasteiger partial charge is 0.224 e. The molecule has 0 aliphatic heterocycles. The van der Waals surface area contributed by atoms with E-state index in [-0.39, 0.29) is 23.3 Å². The van der Waals surface area contributed by atoms with Crippen molar-refractivity contribution in [2.75, 3.05) is 24.3 Å². The van der Waals surface area contributed by atoms with Crippen LogP contribution in [-0.4, -0.2) is 30.8 Å². The molecule has 2 amide bonds. The van der Waals surface area contributed by atoms with Crippen LogP contribution in [0.2, 0.25) is 0 Å². The molecule has 0 aliphatic rings. The molecule has 5 heteroatoms. The molecule has 0 unspecified atom stereocenters. The van der Waals surface area contributed by atoms with Crippen molar-refractivity contribution in [1.29, 1.82) is 0 Å². The first kappa shape index (κ1) is 24.4. The Bertz CT molecular complexity index is 885. The second-order valence-electron chi connectivity index (χ2n) is 9.49. The zero-order chi connectivity index (χ0) is 23.2. The van der Waals surface area contributed by atoms with Crippen molar-refractivity contribution in [2.24, 2.45) is 5.41 Å². The lowest BCUT2D eigenvalue weighted by Crippen LogP contribution is -2.33. The topological polar surface area (TPSA) is 52.7 Å². The van der Waals surface area contributed by atoms with Crippen LogP contribution in [-0.2, 0) is 16.1 Å². The predicted molar refractivity (Wildman–Crippen MR) is 129 cm³/mol. The van der Waals surface area contributed by atoms with Gasteiger partial charge in [0.05, 0.1) is 6.04 Å². The maximum absolute atomic E-state index is 12.9. The molecule has 2 aromatic rings. The van der Waals surface area contributed by atoms with Crippen LogP contribution in [0.3, 0.4) is 0 Å². The lowest BCUT2D eigenvalue weighted by atomic mass is 9.92. The zero-order valence-electron chi connectivity index (χ0n) is 20.0. The highest BCUT2D eigenvalue weighted by atomic mass is 16.2. The maximum Gasteiger partial charge on any atom is 0.224 e.